The Balaban J connectivity index is 2.17. The highest BCUT2D eigenvalue weighted by Gasteiger charge is 2.23. The molecule has 1 heterocycles. The van der Waals surface area contributed by atoms with Crippen molar-refractivity contribution in [2.45, 2.75) is 0 Å². The van der Waals surface area contributed by atoms with E-state index in [0.717, 1.165) is 9.50 Å². The monoisotopic (exact) mass is 373 g/mol. The van der Waals surface area contributed by atoms with Gasteiger partial charge in [0.2, 0.25) is 0 Å². The summed E-state index contributed by atoms with van der Waals surface area (Å²) in [5, 5.41) is 3.45. The summed E-state index contributed by atoms with van der Waals surface area (Å²) in [4.78, 5) is 1.31. The normalized spacial score (nSPS) is 12.2. The maximum atomic E-state index is 6.04. The lowest BCUT2D eigenvalue weighted by Gasteiger charge is -1.94. The molecule has 0 N–H and O–H groups in total. The molecule has 0 bridgehead atoms. The van der Waals surface area contributed by atoms with Crippen LogP contribution in [-0.2, 0) is 0 Å². The summed E-state index contributed by atoms with van der Waals surface area (Å²) in [5.74, 6) is 0. The van der Waals surface area contributed by atoms with E-state index in [2.05, 4.69) is 70.5 Å². The SMILES string of the molecule is Clc1ccc(-[s+]2c3ccccc3c3cc(Br)ccc32)cc1. The first kappa shape index (κ1) is 13.3. The molecular formula is C18H11BrClS+. The second-order valence-electron chi connectivity index (χ2n) is 4.90. The molecule has 102 valence electrons. The van der Waals surface area contributed by atoms with Crippen molar-refractivity contribution in [3.05, 3.63) is 76.2 Å². The molecule has 1 aromatic heterocycles. The molecule has 1 unspecified atom stereocenters. The maximum Gasteiger partial charge on any atom is 0.187 e. The fourth-order valence-electron chi connectivity index (χ4n) is 2.70. The van der Waals surface area contributed by atoms with E-state index < -0.39 is 0 Å². The van der Waals surface area contributed by atoms with Gasteiger partial charge in [-0.3, -0.25) is 0 Å². The fourth-order valence-corrected chi connectivity index (χ4v) is 5.55. The lowest BCUT2D eigenvalue weighted by Crippen LogP contribution is -1.70. The summed E-state index contributed by atoms with van der Waals surface area (Å²) >= 11 is 9.62. The largest absolute Gasteiger partial charge is 0.187 e. The summed E-state index contributed by atoms with van der Waals surface area (Å²) in [5.41, 5.74) is 0. The summed E-state index contributed by atoms with van der Waals surface area (Å²) < 4.78 is 3.91. The average Bonchev–Trinajstić information content (AvgIpc) is 2.82. The van der Waals surface area contributed by atoms with Crippen LogP contribution in [0.15, 0.2) is 71.2 Å². The molecule has 0 aliphatic carbocycles. The Kier molecular flexibility index (Phi) is 3.26. The predicted octanol–water partition coefficient (Wildman–Crippen LogP) is 7.15. The van der Waals surface area contributed by atoms with Gasteiger partial charge in [0.1, 0.15) is 0 Å². The number of halogens is 2. The molecular weight excluding hydrogens is 364 g/mol. The number of thiophene rings is 1. The van der Waals surface area contributed by atoms with E-state index in [9.17, 15) is 0 Å². The molecule has 0 spiro atoms. The highest BCUT2D eigenvalue weighted by Crippen LogP contribution is 2.48. The number of hydrogen-bond donors (Lipinski definition) is 0. The predicted molar refractivity (Wildman–Crippen MR) is 98.0 cm³/mol. The van der Waals surface area contributed by atoms with Crippen molar-refractivity contribution in [1.82, 2.24) is 0 Å². The van der Waals surface area contributed by atoms with Crippen molar-refractivity contribution in [3.8, 4) is 4.90 Å². The zero-order chi connectivity index (χ0) is 14.4. The second kappa shape index (κ2) is 5.13. The van der Waals surface area contributed by atoms with Crippen molar-refractivity contribution in [3.63, 3.8) is 0 Å². The molecule has 0 aliphatic heterocycles. The minimum atomic E-state index is -0.0366. The number of hydrogen-bond acceptors (Lipinski definition) is 0. The number of fused-ring (bicyclic) bond motifs is 3. The molecule has 0 fully saturated rings. The van der Waals surface area contributed by atoms with Crippen LogP contribution in [0.25, 0.3) is 25.1 Å². The Hall–Kier alpha value is -1.35. The van der Waals surface area contributed by atoms with Gasteiger partial charge in [0.05, 0.1) is 0 Å². The molecule has 0 nitrogen and oxygen atoms in total. The zero-order valence-corrected chi connectivity index (χ0v) is 14.2. The average molecular weight is 375 g/mol. The van der Waals surface area contributed by atoms with Gasteiger partial charge in [-0.15, -0.1) is 0 Å². The van der Waals surface area contributed by atoms with Crippen LogP contribution in [0.1, 0.15) is 0 Å². The minimum absolute atomic E-state index is 0.0366. The third-order valence-electron chi connectivity index (χ3n) is 3.61. The number of benzene rings is 3. The van der Waals surface area contributed by atoms with E-state index in [4.69, 9.17) is 11.6 Å². The van der Waals surface area contributed by atoms with Crippen molar-refractivity contribution in [2.75, 3.05) is 0 Å². The minimum Gasteiger partial charge on any atom is -0.0843 e. The molecule has 0 amide bonds. The lowest BCUT2D eigenvalue weighted by molar-refractivity contribution is 1.75. The van der Waals surface area contributed by atoms with Gasteiger partial charge in [-0.1, -0.05) is 39.7 Å². The third kappa shape index (κ3) is 2.18. The van der Waals surface area contributed by atoms with Crippen molar-refractivity contribution in [2.24, 2.45) is 0 Å². The fraction of sp³-hybridized carbons (Fsp3) is 0. The van der Waals surface area contributed by atoms with Crippen LogP contribution in [-0.4, -0.2) is 0 Å². The van der Waals surface area contributed by atoms with Gasteiger partial charge in [0, 0.05) is 36.8 Å². The Morgan fingerprint density at radius 3 is 2.29 bits per heavy atom. The van der Waals surface area contributed by atoms with Gasteiger partial charge in [0.15, 0.2) is 14.3 Å². The molecule has 0 radical (unpaired) electrons. The van der Waals surface area contributed by atoms with Crippen LogP contribution in [0.2, 0.25) is 5.02 Å². The molecule has 0 aliphatic rings. The van der Waals surface area contributed by atoms with E-state index in [1.807, 2.05) is 12.1 Å². The van der Waals surface area contributed by atoms with Crippen molar-refractivity contribution < 1.29 is 0 Å². The Labute approximate surface area is 139 Å². The Bertz CT molecular complexity index is 954. The third-order valence-corrected chi connectivity index (χ3v) is 6.69. The van der Waals surface area contributed by atoms with Crippen molar-refractivity contribution in [1.29, 1.82) is 0 Å². The van der Waals surface area contributed by atoms with Gasteiger partial charge < -0.3 is 0 Å². The molecule has 21 heavy (non-hydrogen) atoms. The van der Waals surface area contributed by atoms with Gasteiger partial charge >= 0.3 is 0 Å². The maximum absolute atomic E-state index is 6.04. The van der Waals surface area contributed by atoms with E-state index in [1.54, 1.807) is 0 Å². The van der Waals surface area contributed by atoms with Gasteiger partial charge in [0.25, 0.3) is 0 Å². The van der Waals surface area contributed by atoms with Gasteiger partial charge in [-0.2, -0.15) is 0 Å². The van der Waals surface area contributed by atoms with Gasteiger partial charge in [-0.25, -0.2) is 0 Å². The second-order valence-corrected chi connectivity index (χ2v) is 8.21. The molecule has 0 saturated heterocycles. The smallest absolute Gasteiger partial charge is 0.0843 e. The van der Waals surface area contributed by atoms with Crippen LogP contribution >= 0.6 is 38.0 Å². The quantitative estimate of drug-likeness (QED) is 0.310. The molecule has 3 aromatic carbocycles. The Morgan fingerprint density at radius 2 is 1.48 bits per heavy atom. The molecule has 3 heteroatoms. The van der Waals surface area contributed by atoms with Gasteiger partial charge in [-0.05, 0) is 48.5 Å². The molecule has 4 aromatic rings. The Morgan fingerprint density at radius 1 is 0.762 bits per heavy atom. The molecule has 0 saturated carbocycles. The topological polar surface area (TPSA) is 0 Å². The number of rotatable bonds is 1. The first-order valence-corrected chi connectivity index (χ1v) is 9.02. The highest BCUT2D eigenvalue weighted by atomic mass is 79.9. The van der Waals surface area contributed by atoms with Crippen LogP contribution < -0.4 is 0 Å². The van der Waals surface area contributed by atoms with Crippen LogP contribution in [0.4, 0.5) is 0 Å². The van der Waals surface area contributed by atoms with E-state index >= 15 is 0 Å². The first-order chi connectivity index (χ1) is 10.2. The standard InChI is InChI=1S/C18H11BrClS/c19-12-5-10-18-16(11-12)15-3-1-2-4-17(15)21(18)14-8-6-13(20)7-9-14/h1-11H/q+1. The van der Waals surface area contributed by atoms with E-state index in [-0.39, 0.29) is 10.5 Å². The van der Waals surface area contributed by atoms with Crippen LogP contribution in [0.5, 0.6) is 0 Å². The van der Waals surface area contributed by atoms with E-state index in [1.165, 1.54) is 25.1 Å². The van der Waals surface area contributed by atoms with Crippen LogP contribution in [0.3, 0.4) is 0 Å². The summed E-state index contributed by atoms with van der Waals surface area (Å²) in [7, 11) is -0.0366. The highest BCUT2D eigenvalue weighted by molar-refractivity contribution is 9.10. The molecule has 4 rings (SSSR count). The van der Waals surface area contributed by atoms with Crippen LogP contribution in [0, 0.1) is 0 Å². The molecule has 1 atom stereocenters. The van der Waals surface area contributed by atoms with Crippen molar-refractivity contribution >= 4 is 58.2 Å². The summed E-state index contributed by atoms with van der Waals surface area (Å²) in [6.45, 7) is 0. The van der Waals surface area contributed by atoms with E-state index in [0.29, 0.717) is 0 Å². The summed E-state index contributed by atoms with van der Waals surface area (Å²) in [6.07, 6.45) is 0. The summed E-state index contributed by atoms with van der Waals surface area (Å²) in [6, 6.07) is 23.5. The lowest BCUT2D eigenvalue weighted by atomic mass is 10.2. The first-order valence-electron chi connectivity index (χ1n) is 6.63. The zero-order valence-electron chi connectivity index (χ0n) is 11.0.